The Morgan fingerprint density at radius 3 is 1.92 bits per heavy atom. The van der Waals surface area contributed by atoms with Gasteiger partial charge in [-0.25, -0.2) is 0 Å². The average Bonchev–Trinajstić information content (AvgIpc) is 3.91. The fourth-order valence-electron chi connectivity index (χ4n) is 9.34. The molecule has 61 heavy (non-hydrogen) atoms. The van der Waals surface area contributed by atoms with Crippen molar-refractivity contribution in [2.75, 3.05) is 4.90 Å². The number of fused-ring (bicyclic) bond motifs is 7. The van der Waals surface area contributed by atoms with Gasteiger partial charge in [-0.3, -0.25) is 0 Å². The van der Waals surface area contributed by atoms with E-state index in [1.54, 1.807) is 0 Å². The predicted octanol–water partition coefficient (Wildman–Crippen LogP) is 16.1. The number of benzene rings is 8. The molecule has 2 heterocycles. The van der Waals surface area contributed by atoms with E-state index in [1.807, 2.05) is 24.3 Å². The smallest absolute Gasteiger partial charge is 0.152 e. The number of hydrogen-bond donors (Lipinski definition) is 0. The molecule has 0 N–H and O–H groups in total. The Morgan fingerprint density at radius 1 is 0.443 bits per heavy atom. The quantitative estimate of drug-likeness (QED) is 0.161. The lowest BCUT2D eigenvalue weighted by molar-refractivity contribution is 0.667. The maximum Gasteiger partial charge on any atom is 0.152 e. The second kappa shape index (κ2) is 14.3. The van der Waals surface area contributed by atoms with E-state index in [0.29, 0.717) is 0 Å². The molecule has 2 aromatic heterocycles. The van der Waals surface area contributed by atoms with E-state index in [4.69, 9.17) is 8.83 Å². The third-order valence-electron chi connectivity index (χ3n) is 12.3. The van der Waals surface area contributed by atoms with E-state index >= 15 is 0 Å². The van der Waals surface area contributed by atoms with Crippen LogP contribution in [-0.4, -0.2) is 0 Å². The molecule has 9 aromatic carbocycles. The zero-order valence-electron chi connectivity index (χ0n) is 33.2. The minimum atomic E-state index is 0.813. The fourth-order valence-corrected chi connectivity index (χ4v) is 9.34. The summed E-state index contributed by atoms with van der Waals surface area (Å²) < 4.78 is 13.1. The van der Waals surface area contributed by atoms with Crippen LogP contribution in [0.5, 0.6) is 0 Å². The first-order valence-corrected chi connectivity index (χ1v) is 20.9. The van der Waals surface area contributed by atoms with Gasteiger partial charge in [0.25, 0.3) is 0 Å². The van der Waals surface area contributed by atoms with Gasteiger partial charge < -0.3 is 13.7 Å². The second-order valence-electron chi connectivity index (χ2n) is 15.8. The van der Waals surface area contributed by atoms with Crippen molar-refractivity contribution in [2.45, 2.75) is 12.8 Å². The van der Waals surface area contributed by atoms with Crippen molar-refractivity contribution in [1.29, 1.82) is 0 Å². The molecule has 3 heteroatoms. The molecule has 1 aliphatic rings. The van der Waals surface area contributed by atoms with E-state index in [9.17, 15) is 0 Å². The normalized spacial score (nSPS) is 12.9. The topological polar surface area (TPSA) is 29.5 Å². The van der Waals surface area contributed by atoms with Gasteiger partial charge in [0.05, 0.1) is 11.3 Å². The minimum Gasteiger partial charge on any atom is -0.455 e. The summed E-state index contributed by atoms with van der Waals surface area (Å²) in [4.78, 5) is 2.41. The predicted molar refractivity (Wildman–Crippen MR) is 253 cm³/mol. The van der Waals surface area contributed by atoms with Gasteiger partial charge in [0.15, 0.2) is 5.58 Å². The number of rotatable bonds is 7. The molecule has 286 valence electrons. The van der Waals surface area contributed by atoms with Crippen LogP contribution < -0.4 is 4.90 Å². The highest BCUT2D eigenvalue weighted by molar-refractivity contribution is 6.11. The van der Waals surface area contributed by atoms with Gasteiger partial charge in [-0.2, -0.15) is 0 Å². The van der Waals surface area contributed by atoms with Gasteiger partial charge in [-0.05, 0) is 93.9 Å². The minimum absolute atomic E-state index is 0.813. The lowest BCUT2D eigenvalue weighted by Crippen LogP contribution is -2.18. The maximum absolute atomic E-state index is 6.57. The van der Waals surface area contributed by atoms with Crippen molar-refractivity contribution < 1.29 is 8.83 Å². The van der Waals surface area contributed by atoms with Crippen LogP contribution in [0.1, 0.15) is 18.4 Å². The van der Waals surface area contributed by atoms with Crippen LogP contribution in [-0.2, 0) is 0 Å². The molecule has 11 aromatic rings. The molecule has 0 unspecified atom stereocenters. The van der Waals surface area contributed by atoms with E-state index in [0.717, 1.165) is 90.3 Å². The van der Waals surface area contributed by atoms with Gasteiger partial charge >= 0.3 is 0 Å². The first-order chi connectivity index (χ1) is 30.2. The Kier molecular flexibility index (Phi) is 8.21. The Labute approximate surface area is 353 Å². The van der Waals surface area contributed by atoms with Crippen molar-refractivity contribution in [3.05, 3.63) is 224 Å². The Hall–Kier alpha value is -8.06. The lowest BCUT2D eigenvalue weighted by atomic mass is 9.93. The maximum atomic E-state index is 6.57. The SMILES string of the molecule is c1cc2c(oc3ccccc32)c(-c2ccccc2N(C2=CC=C(c3cccc4c3oc3ccccc34)CC2)c2ccc(-c3cccc(-c4cccc5ccccc45)c3)cc2)c#1. The number of furan rings is 2. The van der Waals surface area contributed by atoms with Gasteiger partial charge in [0.2, 0.25) is 0 Å². The fraction of sp³-hybridized carbons (Fsp3) is 0.0345. The molecule has 3 nitrogen and oxygen atoms in total. The number of nitrogens with zero attached hydrogens (tertiary/aromatic N) is 1. The summed E-state index contributed by atoms with van der Waals surface area (Å²) >= 11 is 0. The molecule has 1 aliphatic carbocycles. The van der Waals surface area contributed by atoms with E-state index in [1.165, 1.54) is 38.7 Å². The van der Waals surface area contributed by atoms with Crippen LogP contribution >= 0.6 is 0 Å². The molecule has 0 fully saturated rings. The summed E-state index contributed by atoms with van der Waals surface area (Å²) in [6.45, 7) is 0. The highest BCUT2D eigenvalue weighted by atomic mass is 16.3. The number of allylic oxidation sites excluding steroid dienone is 4. The molecule has 0 amide bonds. The highest BCUT2D eigenvalue weighted by Gasteiger charge is 2.24. The molecule has 0 bridgehead atoms. The summed E-state index contributed by atoms with van der Waals surface area (Å²) in [5.74, 6) is 0. The lowest BCUT2D eigenvalue weighted by Gasteiger charge is -2.31. The van der Waals surface area contributed by atoms with Crippen molar-refractivity contribution in [2.24, 2.45) is 0 Å². The molecule has 0 radical (unpaired) electrons. The van der Waals surface area contributed by atoms with Gasteiger partial charge in [0, 0.05) is 50.1 Å². The summed E-state index contributed by atoms with van der Waals surface area (Å²) in [6, 6.07) is 73.4. The monoisotopic (exact) mass is 779 g/mol. The van der Waals surface area contributed by atoms with Crippen molar-refractivity contribution in [3.63, 3.8) is 0 Å². The zero-order valence-corrected chi connectivity index (χ0v) is 33.2. The Bertz CT molecular complexity index is 3540. The van der Waals surface area contributed by atoms with Crippen LogP contribution in [0, 0.1) is 12.1 Å². The number of para-hydroxylation sites is 4. The number of hydrogen-bond acceptors (Lipinski definition) is 3. The summed E-state index contributed by atoms with van der Waals surface area (Å²) in [6.07, 6.45) is 6.26. The van der Waals surface area contributed by atoms with Crippen molar-refractivity contribution >= 4 is 71.6 Å². The molecular formula is C58H37NO2. The van der Waals surface area contributed by atoms with Gasteiger partial charge in [-0.1, -0.05) is 164 Å². The molecule has 0 spiro atoms. The Morgan fingerprint density at radius 2 is 1.08 bits per heavy atom. The molecular weight excluding hydrogens is 743 g/mol. The van der Waals surface area contributed by atoms with Gasteiger partial charge in [-0.15, -0.1) is 0 Å². The molecule has 0 atom stereocenters. The first kappa shape index (κ1) is 34.9. The molecule has 0 saturated heterocycles. The largest absolute Gasteiger partial charge is 0.455 e. The van der Waals surface area contributed by atoms with Crippen LogP contribution in [0.4, 0.5) is 11.4 Å². The average molecular weight is 780 g/mol. The summed E-state index contributed by atoms with van der Waals surface area (Å²) in [5, 5.41) is 6.90. The van der Waals surface area contributed by atoms with Crippen LogP contribution in [0.15, 0.2) is 215 Å². The first-order valence-electron chi connectivity index (χ1n) is 20.9. The van der Waals surface area contributed by atoms with Crippen LogP contribution in [0.25, 0.3) is 93.6 Å². The Balaban J connectivity index is 0.982. The van der Waals surface area contributed by atoms with Gasteiger partial charge in [0.1, 0.15) is 16.7 Å². The second-order valence-corrected chi connectivity index (χ2v) is 15.8. The third-order valence-corrected chi connectivity index (χ3v) is 12.3. The molecule has 0 aliphatic heterocycles. The van der Waals surface area contributed by atoms with E-state index in [2.05, 4.69) is 193 Å². The standard InChI is InChI=1S/C58H37NO2/c1-2-17-45-39(13-1)14-10-21-46(45)42-16-9-15-41(37-42)38-29-33-43(34-30-38)59(44-35-31-40(32-36-44)47-22-11-24-52-49-19-4-7-27-55(49)60-57(47)52)54-26-6-3-18-48(54)51-23-12-25-53-50-20-5-8-28-56(50)61-58(51)53/h1-11,13-22,24-31,33-35,37H,32,36H2. The van der Waals surface area contributed by atoms with Crippen LogP contribution in [0.3, 0.4) is 0 Å². The highest BCUT2D eigenvalue weighted by Crippen LogP contribution is 2.45. The van der Waals surface area contributed by atoms with Crippen molar-refractivity contribution in [3.8, 4) is 33.4 Å². The van der Waals surface area contributed by atoms with Crippen LogP contribution in [0.2, 0.25) is 0 Å². The zero-order chi connectivity index (χ0) is 40.3. The third kappa shape index (κ3) is 5.92. The molecule has 0 saturated carbocycles. The van der Waals surface area contributed by atoms with Crippen molar-refractivity contribution in [1.82, 2.24) is 0 Å². The summed E-state index contributed by atoms with van der Waals surface area (Å²) in [5.41, 5.74) is 15.9. The number of anilines is 2. The van der Waals surface area contributed by atoms with E-state index in [-0.39, 0.29) is 0 Å². The van der Waals surface area contributed by atoms with E-state index < -0.39 is 0 Å². The summed E-state index contributed by atoms with van der Waals surface area (Å²) in [7, 11) is 0. The molecule has 12 rings (SSSR count).